The Kier molecular flexibility index (Phi) is 7.01. The standard InChI is InChI=1S/C14H19Br2NO2S/c15-11-9-12(20-13(11)16)14(18)17-7-4-8-19-10-5-2-1-3-6-10/h9-10H,1-8H2,(H,17,18). The van der Waals surface area contributed by atoms with Crippen molar-refractivity contribution in [3.05, 3.63) is 19.2 Å². The molecule has 1 heterocycles. The second-order valence-electron chi connectivity index (χ2n) is 4.97. The number of hydrogen-bond acceptors (Lipinski definition) is 3. The highest BCUT2D eigenvalue weighted by Crippen LogP contribution is 2.32. The molecule has 1 fully saturated rings. The van der Waals surface area contributed by atoms with Crippen LogP contribution in [0.3, 0.4) is 0 Å². The fourth-order valence-corrected chi connectivity index (χ4v) is 4.25. The predicted molar refractivity (Wildman–Crippen MR) is 89.5 cm³/mol. The summed E-state index contributed by atoms with van der Waals surface area (Å²) in [7, 11) is 0. The number of hydrogen-bond donors (Lipinski definition) is 1. The average molecular weight is 425 g/mol. The van der Waals surface area contributed by atoms with Gasteiger partial charge in [0.1, 0.15) is 0 Å². The zero-order chi connectivity index (χ0) is 14.4. The fraction of sp³-hybridized carbons (Fsp3) is 0.643. The van der Waals surface area contributed by atoms with Crippen LogP contribution >= 0.6 is 43.2 Å². The summed E-state index contributed by atoms with van der Waals surface area (Å²) < 4.78 is 7.70. The summed E-state index contributed by atoms with van der Waals surface area (Å²) in [5.41, 5.74) is 0. The van der Waals surface area contributed by atoms with E-state index in [0.29, 0.717) is 12.6 Å². The van der Waals surface area contributed by atoms with Gasteiger partial charge in [0.2, 0.25) is 0 Å². The predicted octanol–water partition coefficient (Wildman–Crippen LogP) is 4.74. The van der Waals surface area contributed by atoms with Gasteiger partial charge in [0.15, 0.2) is 0 Å². The largest absolute Gasteiger partial charge is 0.378 e. The molecule has 1 aromatic rings. The molecule has 1 N–H and O–H groups in total. The summed E-state index contributed by atoms with van der Waals surface area (Å²) >= 11 is 8.21. The van der Waals surface area contributed by atoms with E-state index < -0.39 is 0 Å². The molecule has 3 nitrogen and oxygen atoms in total. The van der Waals surface area contributed by atoms with E-state index in [4.69, 9.17) is 4.74 Å². The van der Waals surface area contributed by atoms with Crippen molar-refractivity contribution in [2.24, 2.45) is 0 Å². The van der Waals surface area contributed by atoms with Gasteiger partial charge in [-0.15, -0.1) is 11.3 Å². The summed E-state index contributed by atoms with van der Waals surface area (Å²) in [5.74, 6) is -0.0148. The van der Waals surface area contributed by atoms with Crippen LogP contribution in [0.5, 0.6) is 0 Å². The van der Waals surface area contributed by atoms with Gasteiger partial charge in [0.05, 0.1) is 14.8 Å². The van der Waals surface area contributed by atoms with Crippen LogP contribution in [0.2, 0.25) is 0 Å². The van der Waals surface area contributed by atoms with Crippen molar-refractivity contribution < 1.29 is 9.53 Å². The summed E-state index contributed by atoms with van der Waals surface area (Å²) in [5, 5.41) is 2.93. The maximum absolute atomic E-state index is 11.9. The molecule has 1 amide bonds. The SMILES string of the molecule is O=C(NCCCOC1CCCCC1)c1cc(Br)c(Br)s1. The lowest BCUT2D eigenvalue weighted by molar-refractivity contribution is 0.0273. The lowest BCUT2D eigenvalue weighted by Gasteiger charge is -2.21. The van der Waals surface area contributed by atoms with Gasteiger partial charge in [-0.05, 0) is 57.2 Å². The van der Waals surface area contributed by atoms with Crippen molar-refractivity contribution >= 4 is 49.1 Å². The van der Waals surface area contributed by atoms with Crippen molar-refractivity contribution in [1.82, 2.24) is 5.32 Å². The minimum absolute atomic E-state index is 0.0148. The molecule has 0 aliphatic heterocycles. The zero-order valence-electron chi connectivity index (χ0n) is 11.3. The van der Waals surface area contributed by atoms with Gasteiger partial charge in [0.25, 0.3) is 5.91 Å². The molecule has 112 valence electrons. The molecule has 1 aliphatic carbocycles. The Hall–Kier alpha value is 0.0900. The molecule has 1 aromatic heterocycles. The van der Waals surface area contributed by atoms with E-state index in [0.717, 1.165) is 26.2 Å². The summed E-state index contributed by atoms with van der Waals surface area (Å²) in [6.45, 7) is 1.40. The van der Waals surface area contributed by atoms with E-state index in [9.17, 15) is 4.79 Å². The number of amides is 1. The van der Waals surface area contributed by atoms with Crippen LogP contribution < -0.4 is 5.32 Å². The molecule has 6 heteroatoms. The van der Waals surface area contributed by atoms with Crippen molar-refractivity contribution in [3.63, 3.8) is 0 Å². The molecular weight excluding hydrogens is 406 g/mol. The monoisotopic (exact) mass is 423 g/mol. The molecule has 0 aromatic carbocycles. The zero-order valence-corrected chi connectivity index (χ0v) is 15.3. The highest BCUT2D eigenvalue weighted by atomic mass is 79.9. The Bertz CT molecular complexity index is 425. The van der Waals surface area contributed by atoms with Gasteiger partial charge in [-0.25, -0.2) is 0 Å². The van der Waals surface area contributed by atoms with Gasteiger partial charge in [-0.3, -0.25) is 4.79 Å². The van der Waals surface area contributed by atoms with Crippen LogP contribution in [0, 0.1) is 0 Å². The molecule has 20 heavy (non-hydrogen) atoms. The molecule has 0 atom stereocenters. The summed E-state index contributed by atoms with van der Waals surface area (Å²) in [6, 6.07) is 1.84. The minimum atomic E-state index is -0.0148. The van der Waals surface area contributed by atoms with E-state index in [1.165, 1.54) is 43.4 Å². The number of ether oxygens (including phenoxy) is 1. The van der Waals surface area contributed by atoms with Crippen LogP contribution in [-0.2, 0) is 4.74 Å². The maximum atomic E-state index is 11.9. The molecular formula is C14H19Br2NO2S. The quantitative estimate of drug-likeness (QED) is 0.669. The fourth-order valence-electron chi connectivity index (χ4n) is 2.30. The number of nitrogens with one attached hydrogen (secondary N) is 1. The molecule has 0 radical (unpaired) electrons. The Morgan fingerprint density at radius 2 is 2.10 bits per heavy atom. The van der Waals surface area contributed by atoms with Gasteiger partial charge < -0.3 is 10.1 Å². The third-order valence-electron chi connectivity index (χ3n) is 3.38. The number of halogens is 2. The van der Waals surface area contributed by atoms with Gasteiger partial charge >= 0.3 is 0 Å². The Morgan fingerprint density at radius 1 is 1.35 bits per heavy atom. The summed E-state index contributed by atoms with van der Waals surface area (Å²) in [4.78, 5) is 12.6. The molecule has 0 bridgehead atoms. The number of thiophene rings is 1. The van der Waals surface area contributed by atoms with E-state index >= 15 is 0 Å². The van der Waals surface area contributed by atoms with E-state index in [1.54, 1.807) is 0 Å². The Morgan fingerprint density at radius 3 is 2.75 bits per heavy atom. The van der Waals surface area contributed by atoms with Crippen LogP contribution in [0.25, 0.3) is 0 Å². The third kappa shape index (κ3) is 5.13. The first-order valence-electron chi connectivity index (χ1n) is 7.01. The van der Waals surface area contributed by atoms with E-state index in [1.807, 2.05) is 6.07 Å². The normalized spacial score (nSPS) is 16.3. The molecule has 1 aliphatic rings. The van der Waals surface area contributed by atoms with Crippen LogP contribution in [-0.4, -0.2) is 25.2 Å². The van der Waals surface area contributed by atoms with E-state index in [2.05, 4.69) is 37.2 Å². The molecule has 0 saturated heterocycles. The first-order valence-corrected chi connectivity index (χ1v) is 9.41. The van der Waals surface area contributed by atoms with Crippen molar-refractivity contribution in [1.29, 1.82) is 0 Å². The van der Waals surface area contributed by atoms with Crippen molar-refractivity contribution in [2.45, 2.75) is 44.6 Å². The maximum Gasteiger partial charge on any atom is 0.261 e. The van der Waals surface area contributed by atoms with Gasteiger partial charge in [0, 0.05) is 17.6 Å². The number of rotatable bonds is 6. The first-order chi connectivity index (χ1) is 9.66. The number of carbonyl (C=O) groups is 1. The lowest BCUT2D eigenvalue weighted by atomic mass is 9.98. The third-order valence-corrected chi connectivity index (χ3v) is 6.64. The smallest absolute Gasteiger partial charge is 0.261 e. The topological polar surface area (TPSA) is 38.3 Å². The Balaban J connectivity index is 1.59. The summed E-state index contributed by atoms with van der Waals surface area (Å²) in [6.07, 6.45) is 7.65. The van der Waals surface area contributed by atoms with Crippen LogP contribution in [0.15, 0.2) is 14.3 Å². The molecule has 0 unspecified atom stereocenters. The number of carbonyl (C=O) groups excluding carboxylic acids is 1. The lowest BCUT2D eigenvalue weighted by Crippen LogP contribution is -2.25. The average Bonchev–Trinajstić information content (AvgIpc) is 2.79. The highest BCUT2D eigenvalue weighted by molar-refractivity contribution is 9.13. The van der Waals surface area contributed by atoms with Gasteiger partial charge in [-0.1, -0.05) is 19.3 Å². The first kappa shape index (κ1) is 16.5. The molecule has 1 saturated carbocycles. The second kappa shape index (κ2) is 8.51. The van der Waals surface area contributed by atoms with Crippen LogP contribution in [0.1, 0.15) is 48.2 Å². The second-order valence-corrected chi connectivity index (χ2v) is 8.20. The van der Waals surface area contributed by atoms with Crippen LogP contribution in [0.4, 0.5) is 0 Å². The van der Waals surface area contributed by atoms with E-state index in [-0.39, 0.29) is 5.91 Å². The highest BCUT2D eigenvalue weighted by Gasteiger charge is 2.14. The molecule has 0 spiro atoms. The van der Waals surface area contributed by atoms with Gasteiger partial charge in [-0.2, -0.15) is 0 Å². The van der Waals surface area contributed by atoms with Crippen molar-refractivity contribution in [3.8, 4) is 0 Å². The minimum Gasteiger partial charge on any atom is -0.378 e. The molecule has 2 rings (SSSR count). The van der Waals surface area contributed by atoms with Crippen molar-refractivity contribution in [2.75, 3.05) is 13.2 Å². The Labute approximate surface area is 140 Å².